The van der Waals surface area contributed by atoms with Crippen molar-refractivity contribution in [2.75, 3.05) is 26.8 Å². The van der Waals surface area contributed by atoms with Crippen molar-refractivity contribution in [1.29, 1.82) is 0 Å². The lowest BCUT2D eigenvalue weighted by atomic mass is 10.1. The SMILES string of the molecule is COc1cc(CN2C[C@@H]3C[C@H]2CN3Cc2ccc(OCC(F)(F)C(F)(F)C(F)(F)F)cc2)ccc1C(=O)O. The van der Waals surface area contributed by atoms with Crippen LogP contribution in [0.15, 0.2) is 42.5 Å². The number of ether oxygens (including phenoxy) is 2. The van der Waals surface area contributed by atoms with Crippen molar-refractivity contribution < 1.29 is 50.1 Å². The van der Waals surface area contributed by atoms with Gasteiger partial charge < -0.3 is 14.6 Å². The Balaban J connectivity index is 1.29. The summed E-state index contributed by atoms with van der Waals surface area (Å²) in [6, 6.07) is 11.2. The Labute approximate surface area is 213 Å². The van der Waals surface area contributed by atoms with Crippen LogP contribution in [0.25, 0.3) is 0 Å². The van der Waals surface area contributed by atoms with Gasteiger partial charge in [-0.2, -0.15) is 30.7 Å². The van der Waals surface area contributed by atoms with Crippen LogP contribution >= 0.6 is 0 Å². The summed E-state index contributed by atoms with van der Waals surface area (Å²) in [5, 5.41) is 9.24. The highest BCUT2D eigenvalue weighted by Gasteiger charge is 2.73. The molecule has 2 fully saturated rings. The molecule has 2 saturated heterocycles. The van der Waals surface area contributed by atoms with Crippen LogP contribution in [0.1, 0.15) is 27.9 Å². The van der Waals surface area contributed by atoms with E-state index in [0.29, 0.717) is 18.8 Å². The number of methoxy groups -OCH3 is 1. The molecule has 2 aliphatic heterocycles. The van der Waals surface area contributed by atoms with E-state index >= 15 is 0 Å². The summed E-state index contributed by atoms with van der Waals surface area (Å²) < 4.78 is 99.4. The maximum atomic E-state index is 13.4. The van der Waals surface area contributed by atoms with Gasteiger partial charge in [-0.25, -0.2) is 4.79 Å². The van der Waals surface area contributed by atoms with Gasteiger partial charge in [-0.3, -0.25) is 9.80 Å². The van der Waals surface area contributed by atoms with Crippen LogP contribution in [0.2, 0.25) is 0 Å². The van der Waals surface area contributed by atoms with Gasteiger partial charge in [-0.05, 0) is 41.8 Å². The van der Waals surface area contributed by atoms with E-state index in [9.17, 15) is 40.6 Å². The number of hydrogen-bond donors (Lipinski definition) is 1. The molecule has 2 aromatic rings. The van der Waals surface area contributed by atoms with Gasteiger partial charge in [-0.15, -0.1) is 0 Å². The summed E-state index contributed by atoms with van der Waals surface area (Å²) in [6.45, 7) is 0.618. The first-order valence-corrected chi connectivity index (χ1v) is 11.6. The Morgan fingerprint density at radius 3 is 1.97 bits per heavy atom. The molecule has 0 aliphatic carbocycles. The third kappa shape index (κ3) is 5.53. The number of piperazine rings is 1. The minimum absolute atomic E-state index is 0.0924. The van der Waals surface area contributed by atoms with Crippen molar-refractivity contribution in [2.45, 2.75) is 49.6 Å². The van der Waals surface area contributed by atoms with E-state index in [1.54, 1.807) is 24.3 Å². The first-order chi connectivity index (χ1) is 17.7. The van der Waals surface area contributed by atoms with Crippen LogP contribution in [0.3, 0.4) is 0 Å². The van der Waals surface area contributed by atoms with E-state index in [0.717, 1.165) is 30.6 Å². The number of alkyl halides is 7. The number of aromatic carboxylic acids is 1. The molecule has 13 heteroatoms. The van der Waals surface area contributed by atoms with Crippen molar-refractivity contribution in [3.63, 3.8) is 0 Å². The van der Waals surface area contributed by atoms with Crippen molar-refractivity contribution in [1.82, 2.24) is 9.80 Å². The first-order valence-electron chi connectivity index (χ1n) is 11.6. The molecule has 0 radical (unpaired) electrons. The van der Waals surface area contributed by atoms with Gasteiger partial charge in [0.15, 0.2) is 6.61 Å². The molecule has 2 heterocycles. The zero-order valence-corrected chi connectivity index (χ0v) is 20.2. The van der Waals surface area contributed by atoms with Gasteiger partial charge in [0.25, 0.3) is 0 Å². The number of halogens is 7. The monoisotopic (exact) mass is 550 g/mol. The summed E-state index contributed by atoms with van der Waals surface area (Å²) in [5.74, 6) is -12.6. The maximum absolute atomic E-state index is 13.4. The molecule has 0 saturated carbocycles. The molecule has 38 heavy (non-hydrogen) atoms. The Hall–Kier alpha value is -3.06. The number of hydrogen-bond acceptors (Lipinski definition) is 5. The average Bonchev–Trinajstić information content (AvgIpc) is 3.42. The number of likely N-dealkylation sites (tertiary alicyclic amines) is 2. The lowest BCUT2D eigenvalue weighted by molar-refractivity contribution is -0.358. The average molecular weight is 550 g/mol. The summed E-state index contributed by atoms with van der Waals surface area (Å²) in [6.07, 6.45) is -5.46. The molecule has 0 amide bonds. The van der Waals surface area contributed by atoms with Gasteiger partial charge >= 0.3 is 24.0 Å². The van der Waals surface area contributed by atoms with E-state index < -0.39 is 30.6 Å². The van der Waals surface area contributed by atoms with Crippen molar-refractivity contribution >= 4 is 5.97 Å². The van der Waals surface area contributed by atoms with Crippen molar-refractivity contribution in [3.8, 4) is 11.5 Å². The molecule has 1 N–H and O–H groups in total. The lowest BCUT2D eigenvalue weighted by Gasteiger charge is -2.34. The van der Waals surface area contributed by atoms with E-state index in [2.05, 4.69) is 14.5 Å². The molecule has 2 aromatic carbocycles. The number of carboxylic acids is 1. The standard InChI is InChI=1S/C25H25F7N2O4/c1-37-21-8-16(4-7-20(21)22(35)36)11-34-13-17-9-18(34)12-33(17)10-15-2-5-19(6-3-15)38-14-23(26,27)24(28,29)25(30,31)32/h2-8,17-18H,9-14H2,1H3,(H,35,36)/t17-,18-/m0/s1. The van der Waals surface area contributed by atoms with E-state index in [1.807, 2.05) is 0 Å². The molecule has 208 valence electrons. The molecule has 0 spiro atoms. The number of carbonyl (C=O) groups is 1. The molecular formula is C25H25F7N2O4. The van der Waals surface area contributed by atoms with Crippen LogP contribution in [0, 0.1) is 0 Å². The summed E-state index contributed by atoms with van der Waals surface area (Å²) in [5.41, 5.74) is 1.83. The molecule has 2 bridgehead atoms. The highest BCUT2D eigenvalue weighted by Crippen LogP contribution is 2.46. The number of benzene rings is 2. The molecule has 0 unspecified atom stereocenters. The fourth-order valence-corrected chi connectivity index (χ4v) is 4.86. The molecular weight excluding hydrogens is 525 g/mol. The van der Waals surface area contributed by atoms with Gasteiger partial charge in [0, 0.05) is 38.3 Å². The Morgan fingerprint density at radius 1 is 0.921 bits per heavy atom. The summed E-state index contributed by atoms with van der Waals surface area (Å²) in [4.78, 5) is 15.9. The summed E-state index contributed by atoms with van der Waals surface area (Å²) in [7, 11) is 1.42. The topological polar surface area (TPSA) is 62.2 Å². The predicted octanol–water partition coefficient (Wildman–Crippen LogP) is 5.06. The summed E-state index contributed by atoms with van der Waals surface area (Å²) >= 11 is 0. The van der Waals surface area contributed by atoms with Crippen molar-refractivity contribution in [3.05, 3.63) is 59.2 Å². The Morgan fingerprint density at radius 2 is 1.47 bits per heavy atom. The van der Waals surface area contributed by atoms with Gasteiger partial charge in [-0.1, -0.05) is 18.2 Å². The smallest absolute Gasteiger partial charge is 0.460 e. The van der Waals surface area contributed by atoms with E-state index in [-0.39, 0.29) is 23.4 Å². The normalized spacial score (nSPS) is 20.6. The number of rotatable bonds is 10. The van der Waals surface area contributed by atoms with Crippen LogP contribution in [-0.4, -0.2) is 77.8 Å². The zero-order chi connectivity index (χ0) is 27.9. The van der Waals surface area contributed by atoms with Crippen molar-refractivity contribution in [2.24, 2.45) is 0 Å². The second-order valence-corrected chi connectivity index (χ2v) is 9.45. The Bertz CT molecular complexity index is 1160. The highest BCUT2D eigenvalue weighted by atomic mass is 19.4. The second-order valence-electron chi connectivity index (χ2n) is 9.45. The second kappa shape index (κ2) is 10.3. The minimum atomic E-state index is -6.40. The molecule has 2 atom stereocenters. The highest BCUT2D eigenvalue weighted by molar-refractivity contribution is 5.90. The molecule has 0 aromatic heterocycles. The van der Waals surface area contributed by atoms with Gasteiger partial charge in [0.2, 0.25) is 0 Å². The van der Waals surface area contributed by atoms with Crippen LogP contribution < -0.4 is 9.47 Å². The van der Waals surface area contributed by atoms with E-state index in [4.69, 9.17) is 4.74 Å². The molecule has 4 rings (SSSR count). The van der Waals surface area contributed by atoms with Crippen LogP contribution in [0.4, 0.5) is 30.7 Å². The third-order valence-corrected chi connectivity index (χ3v) is 6.89. The van der Waals surface area contributed by atoms with Gasteiger partial charge in [0.05, 0.1) is 7.11 Å². The zero-order valence-electron chi connectivity index (χ0n) is 20.2. The third-order valence-electron chi connectivity index (χ3n) is 6.89. The van der Waals surface area contributed by atoms with Gasteiger partial charge in [0.1, 0.15) is 17.1 Å². The number of carboxylic acid groups (broad SMARTS) is 1. The molecule has 2 aliphatic rings. The predicted molar refractivity (Wildman–Crippen MR) is 121 cm³/mol. The largest absolute Gasteiger partial charge is 0.496 e. The number of fused-ring (bicyclic) bond motifs is 2. The quantitative estimate of drug-likeness (QED) is 0.418. The molecule has 6 nitrogen and oxygen atoms in total. The Kier molecular flexibility index (Phi) is 7.54. The number of nitrogens with zero attached hydrogens (tertiary/aromatic N) is 2. The van der Waals surface area contributed by atoms with E-state index in [1.165, 1.54) is 25.3 Å². The first kappa shape index (κ1) is 28.0. The maximum Gasteiger partial charge on any atom is 0.460 e. The minimum Gasteiger partial charge on any atom is -0.496 e. The lowest BCUT2D eigenvalue weighted by Crippen LogP contribution is -2.54. The van der Waals surface area contributed by atoms with Crippen LogP contribution in [-0.2, 0) is 13.1 Å². The fourth-order valence-electron chi connectivity index (χ4n) is 4.86. The van der Waals surface area contributed by atoms with Crippen LogP contribution in [0.5, 0.6) is 11.5 Å². The fraction of sp³-hybridized carbons (Fsp3) is 0.480.